The van der Waals surface area contributed by atoms with E-state index in [1.54, 1.807) is 0 Å². The lowest BCUT2D eigenvalue weighted by Gasteiger charge is -2.28. The van der Waals surface area contributed by atoms with Crippen molar-refractivity contribution in [2.75, 3.05) is 45.2 Å². The van der Waals surface area contributed by atoms with Crippen LogP contribution in [-0.2, 0) is 0 Å². The first-order valence-electron chi connectivity index (χ1n) is 5.79. The first-order valence-corrected chi connectivity index (χ1v) is 5.79. The molecular weight excluding hydrogens is 323 g/mol. The number of hydrogen-bond donors (Lipinski definition) is 0. The van der Waals surface area contributed by atoms with Crippen molar-refractivity contribution in [3.05, 3.63) is 30.3 Å². The van der Waals surface area contributed by atoms with E-state index >= 15 is 0 Å². The predicted octanol–water partition coefficient (Wildman–Crippen LogP) is -0.387. The molecule has 2 nitrogen and oxygen atoms in total. The number of nitrogens with zero attached hydrogens (tertiary/aromatic N) is 2. The summed E-state index contributed by atoms with van der Waals surface area (Å²) in [7, 11) is 4.66. The summed E-state index contributed by atoms with van der Waals surface area (Å²) in [4.78, 5) is 2.51. The first kappa shape index (κ1) is 16.7. The smallest absolute Gasteiger partial charge is 0.0960 e. The highest BCUT2D eigenvalue weighted by Crippen LogP contribution is 2.16. The van der Waals surface area contributed by atoms with Gasteiger partial charge < -0.3 is 33.4 Å². The van der Waals surface area contributed by atoms with Gasteiger partial charge in [-0.1, -0.05) is 25.6 Å². The fraction of sp³-hybridized carbons (Fsp3) is 0.571. The van der Waals surface area contributed by atoms with E-state index in [2.05, 4.69) is 49.3 Å². The van der Waals surface area contributed by atoms with Crippen molar-refractivity contribution in [2.45, 2.75) is 13.8 Å². The van der Waals surface area contributed by atoms with Crippen LogP contribution in [0.1, 0.15) is 13.8 Å². The number of halogens is 1. The Kier molecular flexibility index (Phi) is 7.09. The third-order valence-electron chi connectivity index (χ3n) is 3.29. The Bertz CT molecular complexity index is 311. The van der Waals surface area contributed by atoms with E-state index in [4.69, 9.17) is 0 Å². The summed E-state index contributed by atoms with van der Waals surface area (Å²) >= 11 is 0. The fourth-order valence-electron chi connectivity index (χ4n) is 2.20. The van der Waals surface area contributed by atoms with Crippen LogP contribution < -0.4 is 28.9 Å². The number of benzene rings is 1. The molecule has 0 bridgehead atoms. The number of quaternary nitrogens is 1. The van der Waals surface area contributed by atoms with Crippen LogP contribution >= 0.6 is 0 Å². The van der Waals surface area contributed by atoms with Gasteiger partial charge in [-0.15, -0.1) is 0 Å². The number of likely N-dealkylation sites (N-methyl/N-ethyl adjacent to an activating group) is 1. The normalized spacial score (nSPS) is 18.6. The molecule has 1 fully saturated rings. The van der Waals surface area contributed by atoms with Crippen LogP contribution in [0.3, 0.4) is 0 Å². The Labute approximate surface area is 123 Å². The third-order valence-corrected chi connectivity index (χ3v) is 3.29. The molecule has 0 atom stereocenters. The van der Waals surface area contributed by atoms with Gasteiger partial charge in [0.15, 0.2) is 0 Å². The lowest BCUT2D eigenvalue weighted by Crippen LogP contribution is -3.00. The van der Waals surface area contributed by atoms with Crippen molar-refractivity contribution < 1.29 is 28.5 Å². The summed E-state index contributed by atoms with van der Waals surface area (Å²) in [5.74, 6) is 0. The van der Waals surface area contributed by atoms with E-state index in [1.807, 2.05) is 0 Å². The molecule has 1 aromatic rings. The van der Waals surface area contributed by atoms with Gasteiger partial charge in [-0.3, -0.25) is 0 Å². The number of rotatable bonds is 1. The molecule has 0 amide bonds. The molecule has 1 aromatic carbocycles. The Morgan fingerprint density at radius 3 is 2.29 bits per heavy atom. The number of para-hydroxylation sites is 1. The van der Waals surface area contributed by atoms with Crippen LogP contribution in [0, 0.1) is 0 Å². The van der Waals surface area contributed by atoms with Gasteiger partial charge in [0.1, 0.15) is 0 Å². The Morgan fingerprint density at radius 2 is 1.65 bits per heavy atom. The fourth-order valence-corrected chi connectivity index (χ4v) is 2.20. The largest absolute Gasteiger partial charge is 1.00 e. The molecule has 17 heavy (non-hydrogen) atoms. The van der Waals surface area contributed by atoms with E-state index in [-0.39, 0.29) is 31.4 Å². The van der Waals surface area contributed by atoms with Crippen LogP contribution in [0.15, 0.2) is 30.3 Å². The molecule has 0 aliphatic carbocycles. The lowest BCUT2D eigenvalue weighted by molar-refractivity contribution is -0.887. The molecular formula is C14H25IN2. The van der Waals surface area contributed by atoms with Crippen molar-refractivity contribution in [2.24, 2.45) is 0 Å². The molecule has 98 valence electrons. The number of hydrogen-bond acceptors (Lipinski definition) is 1. The second-order valence-corrected chi connectivity index (χ2v) is 5.06. The molecule has 1 aliphatic heterocycles. The average Bonchev–Trinajstić information content (AvgIpc) is 2.41. The monoisotopic (exact) mass is 348 g/mol. The highest BCUT2D eigenvalue weighted by atomic mass is 127. The van der Waals surface area contributed by atoms with Crippen molar-refractivity contribution in [1.29, 1.82) is 0 Å². The highest BCUT2D eigenvalue weighted by molar-refractivity contribution is 5.45. The zero-order valence-electron chi connectivity index (χ0n) is 10.2. The van der Waals surface area contributed by atoms with Crippen LogP contribution in [-0.4, -0.2) is 44.8 Å². The van der Waals surface area contributed by atoms with Gasteiger partial charge in [-0.05, 0) is 12.1 Å². The number of anilines is 1. The summed E-state index contributed by atoms with van der Waals surface area (Å²) in [6.45, 7) is 4.92. The molecule has 1 saturated heterocycles. The quantitative estimate of drug-likeness (QED) is 0.494. The molecule has 0 aromatic heterocycles. The van der Waals surface area contributed by atoms with E-state index in [0.29, 0.717) is 0 Å². The topological polar surface area (TPSA) is 3.24 Å². The summed E-state index contributed by atoms with van der Waals surface area (Å²) in [6.07, 6.45) is 1.29. The van der Waals surface area contributed by atoms with Crippen molar-refractivity contribution in [3.8, 4) is 0 Å². The van der Waals surface area contributed by atoms with Gasteiger partial charge >= 0.3 is 0 Å². The van der Waals surface area contributed by atoms with Crippen LogP contribution in [0.25, 0.3) is 0 Å². The highest BCUT2D eigenvalue weighted by Gasteiger charge is 2.21. The maximum Gasteiger partial charge on any atom is 0.0960 e. The minimum atomic E-state index is 0. The van der Waals surface area contributed by atoms with Gasteiger partial charge in [0.2, 0.25) is 0 Å². The first-order chi connectivity index (χ1) is 7.17. The Morgan fingerprint density at radius 1 is 1.00 bits per heavy atom. The molecule has 2 rings (SSSR count). The van der Waals surface area contributed by atoms with Crippen molar-refractivity contribution >= 4 is 5.69 Å². The molecule has 0 saturated carbocycles. The maximum atomic E-state index is 2.51. The zero-order chi connectivity index (χ0) is 10.7. The molecule has 0 unspecified atom stereocenters. The van der Waals surface area contributed by atoms with E-state index in [1.165, 1.54) is 38.3 Å². The SMILES string of the molecule is C.C[N+]1(C)CCCN(c2ccccc2)CC1.[I-]. The lowest BCUT2D eigenvalue weighted by atomic mass is 10.3. The Balaban J connectivity index is 0.00000128. The van der Waals surface area contributed by atoms with Crippen molar-refractivity contribution in [1.82, 2.24) is 0 Å². The molecule has 0 radical (unpaired) electrons. The standard InChI is InChI=1S/C13H21N2.CH4.HI/c1-15(2)11-6-9-14(10-12-15)13-7-4-3-5-8-13;;/h3-5,7-8H,6,9-12H2,1-2H3;1H4;1H/q+1;;/p-1. The van der Waals surface area contributed by atoms with Crippen LogP contribution in [0.5, 0.6) is 0 Å². The molecule has 0 N–H and O–H groups in total. The van der Waals surface area contributed by atoms with Gasteiger partial charge in [0, 0.05) is 18.7 Å². The van der Waals surface area contributed by atoms with Gasteiger partial charge in [-0.25, -0.2) is 0 Å². The summed E-state index contributed by atoms with van der Waals surface area (Å²) in [5.41, 5.74) is 1.37. The molecule has 0 spiro atoms. The second-order valence-electron chi connectivity index (χ2n) is 5.06. The Hall–Kier alpha value is -0.290. The minimum absolute atomic E-state index is 0. The zero-order valence-corrected chi connectivity index (χ0v) is 12.4. The summed E-state index contributed by atoms with van der Waals surface area (Å²) < 4.78 is 1.16. The maximum absolute atomic E-state index is 2.51. The van der Waals surface area contributed by atoms with Crippen LogP contribution in [0.2, 0.25) is 0 Å². The predicted molar refractivity (Wildman–Crippen MR) is 71.8 cm³/mol. The van der Waals surface area contributed by atoms with Gasteiger partial charge in [0.25, 0.3) is 0 Å². The molecule has 3 heteroatoms. The second kappa shape index (κ2) is 7.21. The third kappa shape index (κ3) is 4.84. The minimum Gasteiger partial charge on any atom is -1.00 e. The van der Waals surface area contributed by atoms with Gasteiger partial charge in [0.05, 0.1) is 33.7 Å². The van der Waals surface area contributed by atoms with E-state index < -0.39 is 0 Å². The van der Waals surface area contributed by atoms with Gasteiger partial charge in [-0.2, -0.15) is 0 Å². The van der Waals surface area contributed by atoms with E-state index in [9.17, 15) is 0 Å². The average molecular weight is 348 g/mol. The summed E-state index contributed by atoms with van der Waals surface area (Å²) in [6, 6.07) is 10.8. The van der Waals surface area contributed by atoms with Crippen LogP contribution in [0.4, 0.5) is 5.69 Å². The summed E-state index contributed by atoms with van der Waals surface area (Å²) in [5, 5.41) is 0. The van der Waals surface area contributed by atoms with E-state index in [0.717, 1.165) is 4.48 Å². The van der Waals surface area contributed by atoms with Crippen molar-refractivity contribution in [3.63, 3.8) is 0 Å². The molecule has 1 heterocycles. The molecule has 1 aliphatic rings.